The van der Waals surface area contributed by atoms with Crippen molar-refractivity contribution in [2.75, 3.05) is 13.6 Å². The molecule has 1 heterocycles. The van der Waals surface area contributed by atoms with Crippen molar-refractivity contribution in [3.8, 4) is 0 Å². The van der Waals surface area contributed by atoms with Crippen LogP contribution >= 0.6 is 0 Å². The summed E-state index contributed by atoms with van der Waals surface area (Å²) in [5, 5.41) is 0. The minimum Gasteiger partial charge on any atom is -0.344 e. The maximum atomic E-state index is 12.8. The molecule has 2 rings (SSSR count). The first-order chi connectivity index (χ1) is 11.9. The smallest absolute Gasteiger partial charge is 0.263 e. The molecule has 0 unspecified atom stereocenters. The van der Waals surface area contributed by atoms with Crippen molar-refractivity contribution in [1.29, 1.82) is 0 Å². The zero-order valence-electron chi connectivity index (χ0n) is 15.2. The molecule has 1 atom stereocenters. The van der Waals surface area contributed by atoms with E-state index in [2.05, 4.69) is 23.6 Å². The van der Waals surface area contributed by atoms with Crippen molar-refractivity contribution < 1.29 is 13.2 Å². The normalized spacial score (nSPS) is 17.8. The van der Waals surface area contributed by atoms with Crippen LogP contribution in [-0.4, -0.2) is 44.7 Å². The van der Waals surface area contributed by atoms with Crippen LogP contribution in [0.4, 0.5) is 0 Å². The molecule has 1 N–H and O–H groups in total. The Morgan fingerprint density at radius 2 is 1.88 bits per heavy atom. The fraction of sp³-hybridized carbons (Fsp3) is 0.556. The van der Waals surface area contributed by atoms with E-state index in [9.17, 15) is 13.2 Å². The van der Waals surface area contributed by atoms with Crippen LogP contribution in [0.3, 0.4) is 0 Å². The summed E-state index contributed by atoms with van der Waals surface area (Å²) in [6.45, 7) is 4.82. The van der Waals surface area contributed by atoms with Gasteiger partial charge < -0.3 is 4.90 Å². The van der Waals surface area contributed by atoms with Gasteiger partial charge in [0.05, 0.1) is 4.90 Å². The number of rotatable bonds is 8. The number of likely N-dealkylation sites (N-methyl/N-ethyl adjacent to an activating group) is 1. The summed E-state index contributed by atoms with van der Waals surface area (Å²) in [4.78, 5) is 19.2. The Balaban J connectivity index is 2.30. The summed E-state index contributed by atoms with van der Waals surface area (Å²) in [5.74, 6) is 0.215. The average molecular weight is 365 g/mol. The fourth-order valence-corrected chi connectivity index (χ4v) is 4.03. The van der Waals surface area contributed by atoms with Crippen LogP contribution in [0.5, 0.6) is 0 Å². The number of fused-ring (bicyclic) bond motifs is 1. The Morgan fingerprint density at radius 1 is 1.20 bits per heavy atom. The van der Waals surface area contributed by atoms with Crippen molar-refractivity contribution >= 4 is 21.8 Å². The van der Waals surface area contributed by atoms with Gasteiger partial charge in [-0.15, -0.1) is 0 Å². The topological polar surface area (TPSA) is 78.8 Å². The third kappa shape index (κ3) is 4.60. The second-order valence-corrected chi connectivity index (χ2v) is 8.00. The highest BCUT2D eigenvalue weighted by Crippen LogP contribution is 2.23. The Kier molecular flexibility index (Phi) is 6.58. The number of aliphatic imine (C=N–C) groups is 1. The van der Waals surface area contributed by atoms with E-state index < -0.39 is 16.1 Å². The van der Waals surface area contributed by atoms with Gasteiger partial charge in [0.1, 0.15) is 11.9 Å². The van der Waals surface area contributed by atoms with Gasteiger partial charge >= 0.3 is 0 Å². The van der Waals surface area contributed by atoms with Crippen molar-refractivity contribution in [2.45, 2.75) is 56.9 Å². The van der Waals surface area contributed by atoms with Crippen LogP contribution in [0.15, 0.2) is 34.2 Å². The summed E-state index contributed by atoms with van der Waals surface area (Å²) in [5.41, 5.74) is 0.535. The number of unbranched alkanes of at least 4 members (excludes halogenated alkanes) is 2. The molecule has 1 aromatic carbocycles. The van der Waals surface area contributed by atoms with Crippen LogP contribution in [0, 0.1) is 0 Å². The molecular weight excluding hydrogens is 338 g/mol. The third-order valence-corrected chi connectivity index (χ3v) is 5.68. The lowest BCUT2D eigenvalue weighted by molar-refractivity contribution is -0.131. The first-order valence-electron chi connectivity index (χ1n) is 8.85. The monoisotopic (exact) mass is 365 g/mol. The number of amidine groups is 1. The SMILES string of the molecule is CCCC[C@@H](N=C1NS(=O)(=O)c2ccccc21)C(=O)N(C)CCCC. The van der Waals surface area contributed by atoms with Crippen molar-refractivity contribution in [3.63, 3.8) is 0 Å². The molecule has 1 aliphatic heterocycles. The van der Waals surface area contributed by atoms with Crippen molar-refractivity contribution in [2.24, 2.45) is 4.99 Å². The van der Waals surface area contributed by atoms with E-state index in [0.29, 0.717) is 18.5 Å². The summed E-state index contributed by atoms with van der Waals surface area (Å²) in [7, 11) is -1.81. The van der Waals surface area contributed by atoms with E-state index in [0.717, 1.165) is 25.7 Å². The van der Waals surface area contributed by atoms with Crippen molar-refractivity contribution in [1.82, 2.24) is 9.62 Å². The molecule has 0 radical (unpaired) electrons. The zero-order valence-corrected chi connectivity index (χ0v) is 16.0. The highest BCUT2D eigenvalue weighted by atomic mass is 32.2. The van der Waals surface area contributed by atoms with Gasteiger partial charge in [-0.2, -0.15) is 0 Å². The quantitative estimate of drug-likeness (QED) is 0.769. The lowest BCUT2D eigenvalue weighted by Crippen LogP contribution is -2.37. The summed E-state index contributed by atoms with van der Waals surface area (Å²) >= 11 is 0. The molecule has 0 fully saturated rings. The van der Waals surface area contributed by atoms with Gasteiger partial charge in [-0.3, -0.25) is 14.5 Å². The van der Waals surface area contributed by atoms with Gasteiger partial charge in [-0.05, 0) is 25.0 Å². The van der Waals surface area contributed by atoms with E-state index in [1.54, 1.807) is 36.2 Å². The Labute approximate surface area is 150 Å². The van der Waals surface area contributed by atoms with E-state index in [-0.39, 0.29) is 16.6 Å². The first-order valence-corrected chi connectivity index (χ1v) is 10.3. The number of amides is 1. The highest BCUT2D eigenvalue weighted by molar-refractivity contribution is 7.90. The lowest BCUT2D eigenvalue weighted by atomic mass is 10.1. The van der Waals surface area contributed by atoms with Crippen LogP contribution in [0.2, 0.25) is 0 Å². The molecule has 1 aliphatic rings. The maximum absolute atomic E-state index is 12.8. The molecular formula is C18H27N3O3S. The number of sulfonamides is 1. The predicted octanol–water partition coefficient (Wildman–Crippen LogP) is 2.54. The first kappa shape index (κ1) is 19.4. The van der Waals surface area contributed by atoms with Gasteiger partial charge in [-0.25, -0.2) is 8.42 Å². The highest BCUT2D eigenvalue weighted by Gasteiger charge is 2.32. The number of nitrogens with one attached hydrogen (secondary N) is 1. The maximum Gasteiger partial charge on any atom is 0.263 e. The van der Waals surface area contributed by atoms with Crippen LogP contribution < -0.4 is 4.72 Å². The molecule has 1 amide bonds. The largest absolute Gasteiger partial charge is 0.344 e. The fourth-order valence-electron chi connectivity index (χ4n) is 2.79. The Morgan fingerprint density at radius 3 is 2.56 bits per heavy atom. The minimum absolute atomic E-state index is 0.0574. The van der Waals surface area contributed by atoms with Crippen molar-refractivity contribution in [3.05, 3.63) is 29.8 Å². The number of carbonyl (C=O) groups excluding carboxylic acids is 1. The average Bonchev–Trinajstić information content (AvgIpc) is 2.86. The Bertz CT molecular complexity index is 744. The lowest BCUT2D eigenvalue weighted by Gasteiger charge is -2.21. The summed E-state index contributed by atoms with van der Waals surface area (Å²) in [6, 6.07) is 6.15. The molecule has 0 spiro atoms. The van der Waals surface area contributed by atoms with E-state index in [1.165, 1.54) is 0 Å². The van der Waals surface area contributed by atoms with Gasteiger partial charge in [0.2, 0.25) is 5.91 Å². The molecule has 0 saturated carbocycles. The van der Waals surface area contributed by atoms with Crippen LogP contribution in [0.1, 0.15) is 51.5 Å². The molecule has 0 saturated heterocycles. The van der Waals surface area contributed by atoms with Gasteiger partial charge in [0.15, 0.2) is 0 Å². The standard InChI is InChI=1S/C18H27N3O3S/c1-4-6-11-15(18(22)21(3)13-7-5-2)19-17-14-10-8-9-12-16(14)25(23,24)20-17/h8-10,12,15H,4-7,11,13H2,1-3H3,(H,19,20)/t15-/m1/s1. The number of carbonyl (C=O) groups is 1. The summed E-state index contributed by atoms with van der Waals surface area (Å²) in [6.07, 6.45) is 4.38. The van der Waals surface area contributed by atoms with Gasteiger partial charge in [-0.1, -0.05) is 45.2 Å². The summed E-state index contributed by atoms with van der Waals surface area (Å²) < 4.78 is 26.9. The van der Waals surface area contributed by atoms with E-state index >= 15 is 0 Å². The Hall–Kier alpha value is -1.89. The molecule has 25 heavy (non-hydrogen) atoms. The molecule has 1 aromatic rings. The minimum atomic E-state index is -3.59. The van der Waals surface area contributed by atoms with Gasteiger partial charge in [0, 0.05) is 19.2 Å². The van der Waals surface area contributed by atoms with E-state index in [1.807, 2.05) is 0 Å². The second-order valence-electron chi connectivity index (χ2n) is 6.35. The van der Waals surface area contributed by atoms with Crippen LogP contribution in [-0.2, 0) is 14.8 Å². The number of hydrogen-bond acceptors (Lipinski definition) is 4. The van der Waals surface area contributed by atoms with E-state index in [4.69, 9.17) is 0 Å². The molecule has 0 aliphatic carbocycles. The molecule has 7 heteroatoms. The third-order valence-electron chi connectivity index (χ3n) is 4.29. The van der Waals surface area contributed by atoms with Crippen LogP contribution in [0.25, 0.3) is 0 Å². The molecule has 6 nitrogen and oxygen atoms in total. The molecule has 0 bridgehead atoms. The second kappa shape index (κ2) is 8.47. The molecule has 0 aromatic heterocycles. The zero-order chi connectivity index (χ0) is 18.4. The molecule has 138 valence electrons. The number of hydrogen-bond donors (Lipinski definition) is 1. The predicted molar refractivity (Wildman–Crippen MR) is 99.2 cm³/mol. The number of benzene rings is 1. The van der Waals surface area contributed by atoms with Gasteiger partial charge in [0.25, 0.3) is 10.0 Å². The number of nitrogens with zero attached hydrogens (tertiary/aromatic N) is 2.